The van der Waals surface area contributed by atoms with E-state index in [2.05, 4.69) is 12.2 Å². The summed E-state index contributed by atoms with van der Waals surface area (Å²) in [6.45, 7) is 2.17. The number of phenols is 1. The van der Waals surface area contributed by atoms with E-state index in [0.717, 1.165) is 24.8 Å². The molecule has 0 heterocycles. The van der Waals surface area contributed by atoms with E-state index >= 15 is 0 Å². The van der Waals surface area contributed by atoms with Gasteiger partial charge >= 0.3 is 0 Å². The lowest BCUT2D eigenvalue weighted by atomic mass is 9.99. The summed E-state index contributed by atoms with van der Waals surface area (Å²) in [5.41, 5.74) is 0.918. The first-order chi connectivity index (χ1) is 10.6. The predicted molar refractivity (Wildman–Crippen MR) is 84.1 cm³/mol. The molecule has 0 fully saturated rings. The molecule has 1 amide bonds. The van der Waals surface area contributed by atoms with E-state index in [0.29, 0.717) is 12.2 Å². The van der Waals surface area contributed by atoms with Crippen LogP contribution in [0.25, 0.3) is 0 Å². The van der Waals surface area contributed by atoms with Crippen LogP contribution in [0.5, 0.6) is 11.5 Å². The Balaban J connectivity index is 2.58. The smallest absolute Gasteiger partial charge is 0.160 e. The molecule has 1 unspecified atom stereocenters. The molecular formula is C17H26NO4-. The number of aromatic hydroxyl groups is 1. The maximum absolute atomic E-state index is 10.8. The topological polar surface area (TPSA) is 81.6 Å². The fourth-order valence-corrected chi connectivity index (χ4v) is 2.52. The van der Waals surface area contributed by atoms with E-state index in [-0.39, 0.29) is 11.8 Å². The van der Waals surface area contributed by atoms with E-state index in [1.54, 1.807) is 18.2 Å². The van der Waals surface area contributed by atoms with Crippen LogP contribution in [0.3, 0.4) is 0 Å². The number of hydrogen-bond donors (Lipinski definition) is 2. The first kappa shape index (κ1) is 18.1. The maximum atomic E-state index is 10.8. The van der Waals surface area contributed by atoms with Crippen molar-refractivity contribution in [2.24, 2.45) is 0 Å². The third kappa shape index (κ3) is 6.70. The fraction of sp³-hybridized carbons (Fsp3) is 0.588. The number of ether oxygens (including phenoxy) is 1. The Morgan fingerprint density at radius 2 is 2.05 bits per heavy atom. The molecule has 2 N–H and O–H groups in total. The van der Waals surface area contributed by atoms with Gasteiger partial charge in [-0.05, 0) is 30.5 Å². The first-order valence-corrected chi connectivity index (χ1v) is 7.90. The molecule has 1 rings (SSSR count). The molecule has 0 bridgehead atoms. The molecule has 1 atom stereocenters. The van der Waals surface area contributed by atoms with Gasteiger partial charge in [-0.1, -0.05) is 45.1 Å². The van der Waals surface area contributed by atoms with Crippen LogP contribution in [-0.2, 0) is 6.42 Å². The van der Waals surface area contributed by atoms with Gasteiger partial charge in [0.15, 0.2) is 11.5 Å². The fourth-order valence-electron chi connectivity index (χ4n) is 2.52. The van der Waals surface area contributed by atoms with E-state index in [9.17, 15) is 15.0 Å². The molecule has 0 radical (unpaired) electrons. The average Bonchev–Trinajstić information content (AvgIpc) is 2.48. The Bertz CT molecular complexity index is 462. The molecule has 0 saturated carbocycles. The van der Waals surface area contributed by atoms with Crippen molar-refractivity contribution in [3.63, 3.8) is 0 Å². The normalized spacial score (nSPS) is 11.9. The monoisotopic (exact) mass is 308 g/mol. The quantitative estimate of drug-likeness (QED) is 0.651. The van der Waals surface area contributed by atoms with Gasteiger partial charge in [0.2, 0.25) is 0 Å². The Labute approximate surface area is 132 Å². The number of rotatable bonds is 10. The lowest BCUT2D eigenvalue weighted by Gasteiger charge is -2.20. The molecular weight excluding hydrogens is 282 g/mol. The summed E-state index contributed by atoms with van der Waals surface area (Å²) in [6, 6.07) is 4.89. The highest BCUT2D eigenvalue weighted by Gasteiger charge is 2.11. The lowest BCUT2D eigenvalue weighted by molar-refractivity contribution is -0.251. The maximum Gasteiger partial charge on any atom is 0.160 e. The molecule has 0 aliphatic carbocycles. The summed E-state index contributed by atoms with van der Waals surface area (Å²) < 4.78 is 5.07. The molecule has 0 aliphatic rings. The predicted octanol–water partition coefficient (Wildman–Crippen LogP) is 2.61. The second kappa shape index (κ2) is 9.92. The van der Waals surface area contributed by atoms with Gasteiger partial charge in [0.25, 0.3) is 0 Å². The average molecular weight is 308 g/mol. The van der Waals surface area contributed by atoms with Crippen molar-refractivity contribution >= 4 is 6.09 Å². The van der Waals surface area contributed by atoms with Gasteiger partial charge in [-0.3, -0.25) is 0 Å². The van der Waals surface area contributed by atoms with Crippen LogP contribution >= 0.6 is 0 Å². The zero-order chi connectivity index (χ0) is 16.4. The zero-order valence-electron chi connectivity index (χ0n) is 13.4. The van der Waals surface area contributed by atoms with Crippen LogP contribution in [-0.4, -0.2) is 24.4 Å². The van der Waals surface area contributed by atoms with E-state index in [1.165, 1.54) is 26.4 Å². The molecule has 22 heavy (non-hydrogen) atoms. The highest BCUT2D eigenvalue weighted by Crippen LogP contribution is 2.27. The van der Waals surface area contributed by atoms with Gasteiger partial charge in [-0.15, -0.1) is 0 Å². The van der Waals surface area contributed by atoms with Gasteiger partial charge < -0.3 is 25.1 Å². The number of phenolic OH excluding ortho intramolecular Hbond substituents is 1. The second-order valence-electron chi connectivity index (χ2n) is 5.54. The summed E-state index contributed by atoms with van der Waals surface area (Å²) in [7, 11) is 1.49. The molecule has 0 aliphatic heterocycles. The number of carbonyl (C=O) groups is 1. The number of carboxylic acid groups (broad SMARTS) is 1. The number of methoxy groups -OCH3 is 1. The third-order valence-corrected chi connectivity index (χ3v) is 3.70. The summed E-state index contributed by atoms with van der Waals surface area (Å²) in [6.07, 6.45) is 5.77. The van der Waals surface area contributed by atoms with Gasteiger partial charge in [0.05, 0.1) is 7.11 Å². The number of carbonyl (C=O) groups excluding carboxylic acids is 1. The number of nitrogens with one attached hydrogen (secondary N) is 1. The highest BCUT2D eigenvalue weighted by atomic mass is 16.5. The van der Waals surface area contributed by atoms with Crippen LogP contribution in [0.1, 0.15) is 51.0 Å². The number of benzene rings is 1. The van der Waals surface area contributed by atoms with Crippen molar-refractivity contribution in [1.29, 1.82) is 0 Å². The summed E-state index contributed by atoms with van der Waals surface area (Å²) in [5, 5.41) is 22.9. The first-order valence-electron chi connectivity index (χ1n) is 7.90. The Morgan fingerprint density at radius 3 is 2.68 bits per heavy atom. The van der Waals surface area contributed by atoms with Gasteiger partial charge in [0.1, 0.15) is 6.09 Å². The SMILES string of the molecule is CCCCCCCC(Cc1ccc(O)c(OC)c1)NC(=O)[O-]. The second-order valence-corrected chi connectivity index (χ2v) is 5.54. The van der Waals surface area contributed by atoms with E-state index < -0.39 is 6.09 Å². The summed E-state index contributed by atoms with van der Waals surface area (Å²) >= 11 is 0. The van der Waals surface area contributed by atoms with Crippen LogP contribution in [0.15, 0.2) is 18.2 Å². The molecule has 0 spiro atoms. The number of amides is 1. The van der Waals surface area contributed by atoms with E-state index in [1.807, 2.05) is 0 Å². The van der Waals surface area contributed by atoms with Gasteiger partial charge in [-0.2, -0.15) is 0 Å². The van der Waals surface area contributed by atoms with Gasteiger partial charge in [-0.25, -0.2) is 0 Å². The standard InChI is InChI=1S/C17H27NO4/c1-3-4-5-6-7-8-14(18-17(20)21)11-13-9-10-15(19)16(12-13)22-2/h9-10,12,14,18-19H,3-8,11H2,1-2H3,(H,20,21)/p-1. The van der Waals surface area contributed by atoms with Crippen molar-refractivity contribution in [2.45, 2.75) is 57.9 Å². The minimum Gasteiger partial charge on any atom is -0.530 e. The number of hydrogen-bond acceptors (Lipinski definition) is 4. The molecule has 124 valence electrons. The van der Waals surface area contributed by atoms with Crippen LogP contribution in [0.4, 0.5) is 4.79 Å². The minimum absolute atomic E-state index is 0.0789. The lowest BCUT2D eigenvalue weighted by Crippen LogP contribution is -2.44. The van der Waals surface area contributed by atoms with Crippen molar-refractivity contribution in [2.75, 3.05) is 7.11 Å². The third-order valence-electron chi connectivity index (χ3n) is 3.70. The summed E-state index contributed by atoms with van der Waals surface area (Å²) in [5.74, 6) is 0.475. The minimum atomic E-state index is -1.25. The van der Waals surface area contributed by atoms with Crippen LogP contribution in [0, 0.1) is 0 Å². The summed E-state index contributed by atoms with van der Waals surface area (Å²) in [4.78, 5) is 10.8. The largest absolute Gasteiger partial charge is 0.530 e. The number of unbranched alkanes of at least 4 members (excludes halogenated alkanes) is 4. The highest BCUT2D eigenvalue weighted by molar-refractivity contribution is 5.62. The van der Waals surface area contributed by atoms with Crippen molar-refractivity contribution < 1.29 is 19.7 Å². The van der Waals surface area contributed by atoms with Crippen molar-refractivity contribution in [3.05, 3.63) is 23.8 Å². The Hall–Kier alpha value is -1.91. The molecule has 0 saturated heterocycles. The molecule has 1 aromatic rings. The van der Waals surface area contributed by atoms with Crippen molar-refractivity contribution in [3.8, 4) is 11.5 Å². The van der Waals surface area contributed by atoms with Crippen LogP contribution in [0.2, 0.25) is 0 Å². The molecule has 5 nitrogen and oxygen atoms in total. The Kier molecular flexibility index (Phi) is 8.18. The van der Waals surface area contributed by atoms with E-state index in [4.69, 9.17) is 4.74 Å². The van der Waals surface area contributed by atoms with Gasteiger partial charge in [0, 0.05) is 6.04 Å². The Morgan fingerprint density at radius 1 is 1.32 bits per heavy atom. The molecule has 0 aromatic heterocycles. The molecule has 1 aromatic carbocycles. The zero-order valence-corrected chi connectivity index (χ0v) is 13.4. The van der Waals surface area contributed by atoms with Crippen LogP contribution < -0.4 is 15.2 Å². The van der Waals surface area contributed by atoms with Crippen molar-refractivity contribution in [1.82, 2.24) is 5.32 Å². The molecule has 5 heteroatoms.